The lowest BCUT2D eigenvalue weighted by Crippen LogP contribution is -2.40. The Morgan fingerprint density at radius 2 is 1.80 bits per heavy atom. The molecule has 0 radical (unpaired) electrons. The van der Waals surface area contributed by atoms with Crippen LogP contribution in [0.2, 0.25) is 0 Å². The quantitative estimate of drug-likeness (QED) is 0.922. The van der Waals surface area contributed by atoms with E-state index in [1.165, 1.54) is 12.1 Å². The molecule has 0 aromatic heterocycles. The summed E-state index contributed by atoms with van der Waals surface area (Å²) >= 11 is 0. The molecule has 0 aliphatic carbocycles. The van der Waals surface area contributed by atoms with E-state index in [1.54, 1.807) is 12.1 Å². The maximum atomic E-state index is 12.0. The van der Waals surface area contributed by atoms with Gasteiger partial charge in [-0.05, 0) is 50.7 Å². The van der Waals surface area contributed by atoms with Crippen molar-refractivity contribution >= 4 is 0 Å². The van der Waals surface area contributed by atoms with Gasteiger partial charge in [-0.25, -0.2) is 0 Å². The monoisotopic (exact) mass is 288 g/mol. The molecular weight excluding hydrogens is 269 g/mol. The molecule has 1 heterocycles. The number of alkyl halides is 3. The van der Waals surface area contributed by atoms with Crippen LogP contribution in [-0.4, -0.2) is 37.4 Å². The van der Waals surface area contributed by atoms with E-state index >= 15 is 0 Å². The van der Waals surface area contributed by atoms with Gasteiger partial charge in [0.1, 0.15) is 5.75 Å². The van der Waals surface area contributed by atoms with E-state index in [-0.39, 0.29) is 5.75 Å². The number of nitrogens with one attached hydrogen (secondary N) is 1. The Morgan fingerprint density at radius 1 is 1.20 bits per heavy atom. The third-order valence-corrected chi connectivity index (χ3v) is 3.47. The maximum absolute atomic E-state index is 12.0. The lowest BCUT2D eigenvalue weighted by atomic mass is 10.1. The van der Waals surface area contributed by atoms with Crippen LogP contribution in [0.1, 0.15) is 18.4 Å². The average Bonchev–Trinajstić information content (AvgIpc) is 2.38. The van der Waals surface area contributed by atoms with E-state index in [0.717, 1.165) is 31.5 Å². The molecule has 1 fully saturated rings. The Balaban J connectivity index is 1.79. The smallest absolute Gasteiger partial charge is 0.406 e. The Kier molecular flexibility index (Phi) is 4.88. The van der Waals surface area contributed by atoms with Gasteiger partial charge in [0.05, 0.1) is 0 Å². The standard InChI is InChI=1S/C14H19F3N2O/c1-19-8-6-12(7-9-19)18-10-11-2-4-13(5-3-11)20-14(15,16)17/h2-5,12,18H,6-10H2,1H3. The Labute approximate surface area is 116 Å². The number of hydrogen-bond donors (Lipinski definition) is 1. The summed E-state index contributed by atoms with van der Waals surface area (Å²) < 4.78 is 39.9. The van der Waals surface area contributed by atoms with Gasteiger partial charge in [-0.15, -0.1) is 13.2 Å². The molecule has 3 nitrogen and oxygen atoms in total. The van der Waals surface area contributed by atoms with Crippen molar-refractivity contribution in [3.63, 3.8) is 0 Å². The molecule has 0 amide bonds. The second-order valence-corrected chi connectivity index (χ2v) is 5.15. The first-order chi connectivity index (χ1) is 9.42. The van der Waals surface area contributed by atoms with Gasteiger partial charge in [0.15, 0.2) is 0 Å². The highest BCUT2D eigenvalue weighted by atomic mass is 19.4. The molecule has 1 N–H and O–H groups in total. The first-order valence-corrected chi connectivity index (χ1v) is 6.69. The minimum Gasteiger partial charge on any atom is -0.406 e. The fourth-order valence-corrected chi connectivity index (χ4v) is 2.28. The fourth-order valence-electron chi connectivity index (χ4n) is 2.28. The Bertz CT molecular complexity index is 411. The molecule has 6 heteroatoms. The molecule has 0 atom stereocenters. The molecule has 0 bridgehead atoms. The van der Waals surface area contributed by atoms with E-state index < -0.39 is 6.36 Å². The predicted molar refractivity (Wildman–Crippen MR) is 70.5 cm³/mol. The van der Waals surface area contributed by atoms with Gasteiger partial charge < -0.3 is 15.0 Å². The number of piperidine rings is 1. The molecule has 0 spiro atoms. The van der Waals surface area contributed by atoms with Crippen LogP contribution in [0, 0.1) is 0 Å². The number of ether oxygens (including phenoxy) is 1. The van der Waals surface area contributed by atoms with Crippen molar-refractivity contribution in [2.75, 3.05) is 20.1 Å². The van der Waals surface area contributed by atoms with E-state index in [9.17, 15) is 13.2 Å². The SMILES string of the molecule is CN1CCC(NCc2ccc(OC(F)(F)F)cc2)CC1. The number of rotatable bonds is 4. The van der Waals surface area contributed by atoms with Crippen LogP contribution in [0.3, 0.4) is 0 Å². The van der Waals surface area contributed by atoms with Gasteiger partial charge in [-0.1, -0.05) is 12.1 Å². The minimum absolute atomic E-state index is 0.180. The van der Waals surface area contributed by atoms with Crippen LogP contribution in [0.4, 0.5) is 13.2 Å². The highest BCUT2D eigenvalue weighted by molar-refractivity contribution is 5.27. The van der Waals surface area contributed by atoms with Crippen LogP contribution in [0.15, 0.2) is 24.3 Å². The lowest BCUT2D eigenvalue weighted by molar-refractivity contribution is -0.274. The summed E-state index contributed by atoms with van der Waals surface area (Å²) in [5.74, 6) is -0.180. The van der Waals surface area contributed by atoms with Gasteiger partial charge in [0, 0.05) is 12.6 Å². The van der Waals surface area contributed by atoms with E-state index in [1.807, 2.05) is 0 Å². The van der Waals surface area contributed by atoms with Crippen LogP contribution in [-0.2, 0) is 6.54 Å². The van der Waals surface area contributed by atoms with Gasteiger partial charge >= 0.3 is 6.36 Å². The van der Waals surface area contributed by atoms with Gasteiger partial charge in [0.25, 0.3) is 0 Å². The summed E-state index contributed by atoms with van der Waals surface area (Å²) in [5, 5.41) is 3.44. The first-order valence-electron chi connectivity index (χ1n) is 6.69. The second kappa shape index (κ2) is 6.45. The van der Waals surface area contributed by atoms with Gasteiger partial charge in [-0.2, -0.15) is 0 Å². The fraction of sp³-hybridized carbons (Fsp3) is 0.571. The molecule has 1 aliphatic heterocycles. The van der Waals surface area contributed by atoms with Crippen molar-refractivity contribution in [1.29, 1.82) is 0 Å². The van der Waals surface area contributed by atoms with Crippen molar-refractivity contribution in [2.24, 2.45) is 0 Å². The molecule has 2 rings (SSSR count). The van der Waals surface area contributed by atoms with E-state index in [4.69, 9.17) is 0 Å². The van der Waals surface area contributed by atoms with Gasteiger partial charge in [0.2, 0.25) is 0 Å². The summed E-state index contributed by atoms with van der Waals surface area (Å²) in [6, 6.07) is 6.49. The number of nitrogens with zero attached hydrogens (tertiary/aromatic N) is 1. The predicted octanol–water partition coefficient (Wildman–Crippen LogP) is 2.77. The molecule has 112 valence electrons. The maximum Gasteiger partial charge on any atom is 0.573 e. The zero-order valence-electron chi connectivity index (χ0n) is 11.4. The lowest BCUT2D eigenvalue weighted by Gasteiger charge is -2.29. The van der Waals surface area contributed by atoms with Crippen LogP contribution >= 0.6 is 0 Å². The molecule has 1 aromatic rings. The molecule has 20 heavy (non-hydrogen) atoms. The number of likely N-dealkylation sites (tertiary alicyclic amines) is 1. The summed E-state index contributed by atoms with van der Waals surface area (Å²) in [7, 11) is 2.11. The zero-order chi connectivity index (χ0) is 14.6. The molecule has 0 unspecified atom stereocenters. The zero-order valence-corrected chi connectivity index (χ0v) is 11.4. The molecule has 1 aliphatic rings. The highest BCUT2D eigenvalue weighted by Gasteiger charge is 2.30. The third-order valence-electron chi connectivity index (χ3n) is 3.47. The number of hydrogen-bond acceptors (Lipinski definition) is 3. The van der Waals surface area contributed by atoms with Crippen molar-refractivity contribution in [1.82, 2.24) is 10.2 Å². The summed E-state index contributed by atoms with van der Waals surface area (Å²) in [5.41, 5.74) is 0.957. The van der Waals surface area contributed by atoms with Crippen molar-refractivity contribution in [3.8, 4) is 5.75 Å². The summed E-state index contributed by atoms with van der Waals surface area (Å²) in [6.07, 6.45) is -2.43. The molecule has 0 saturated carbocycles. The van der Waals surface area contributed by atoms with Crippen LogP contribution in [0.5, 0.6) is 5.75 Å². The number of benzene rings is 1. The highest BCUT2D eigenvalue weighted by Crippen LogP contribution is 2.22. The van der Waals surface area contributed by atoms with Crippen molar-refractivity contribution in [3.05, 3.63) is 29.8 Å². The summed E-state index contributed by atoms with van der Waals surface area (Å²) in [4.78, 5) is 2.29. The third kappa shape index (κ3) is 5.02. The average molecular weight is 288 g/mol. The first kappa shape index (κ1) is 15.1. The summed E-state index contributed by atoms with van der Waals surface area (Å²) in [6.45, 7) is 2.83. The van der Waals surface area contributed by atoms with Gasteiger partial charge in [-0.3, -0.25) is 0 Å². The van der Waals surface area contributed by atoms with Crippen molar-refractivity contribution < 1.29 is 17.9 Å². The van der Waals surface area contributed by atoms with E-state index in [0.29, 0.717) is 12.6 Å². The minimum atomic E-state index is -4.63. The van der Waals surface area contributed by atoms with Crippen molar-refractivity contribution in [2.45, 2.75) is 31.8 Å². The molecule has 1 saturated heterocycles. The largest absolute Gasteiger partial charge is 0.573 e. The molecule has 1 aromatic carbocycles. The van der Waals surface area contributed by atoms with Crippen LogP contribution < -0.4 is 10.1 Å². The Morgan fingerprint density at radius 3 is 2.35 bits per heavy atom. The normalized spacial score (nSPS) is 18.2. The molecular formula is C14H19F3N2O. The number of halogens is 3. The Hall–Kier alpha value is -1.27. The second-order valence-electron chi connectivity index (χ2n) is 5.15. The van der Waals surface area contributed by atoms with Crippen LogP contribution in [0.25, 0.3) is 0 Å². The van der Waals surface area contributed by atoms with E-state index in [2.05, 4.69) is 22.0 Å². The topological polar surface area (TPSA) is 24.5 Å².